The second-order valence-electron chi connectivity index (χ2n) is 4.05. The van der Waals surface area contributed by atoms with Crippen LogP contribution in [0.2, 0.25) is 0 Å². The average molecular weight is 200 g/mol. The maximum atomic E-state index is 11.0. The molecule has 1 fully saturated rings. The van der Waals surface area contributed by atoms with Gasteiger partial charge in [0, 0.05) is 6.54 Å². The Hall–Kier alpha value is -0.770. The van der Waals surface area contributed by atoms with Crippen LogP contribution in [0.15, 0.2) is 0 Å². The van der Waals surface area contributed by atoms with Crippen LogP contribution in [0.1, 0.15) is 20.3 Å². The van der Waals surface area contributed by atoms with Crippen LogP contribution in [0.25, 0.3) is 0 Å². The molecule has 0 aromatic rings. The molecular formula is C10H20N2O2. The SMILES string of the molecule is CC(C)CNCCCN1CCOC1=O. The molecule has 0 spiro atoms. The molecule has 0 atom stereocenters. The summed E-state index contributed by atoms with van der Waals surface area (Å²) in [5.41, 5.74) is 0. The monoisotopic (exact) mass is 200 g/mol. The highest BCUT2D eigenvalue weighted by molar-refractivity contribution is 5.69. The fourth-order valence-electron chi connectivity index (χ4n) is 1.41. The van der Waals surface area contributed by atoms with Crippen molar-refractivity contribution >= 4 is 6.09 Å². The molecule has 4 heteroatoms. The minimum Gasteiger partial charge on any atom is -0.448 e. The summed E-state index contributed by atoms with van der Waals surface area (Å²) in [4.78, 5) is 12.8. The van der Waals surface area contributed by atoms with Gasteiger partial charge in [0.25, 0.3) is 0 Å². The number of ether oxygens (including phenoxy) is 1. The van der Waals surface area contributed by atoms with Crippen molar-refractivity contribution in [3.05, 3.63) is 0 Å². The quantitative estimate of drug-likeness (QED) is 0.652. The second kappa shape index (κ2) is 5.86. The fourth-order valence-corrected chi connectivity index (χ4v) is 1.41. The minimum atomic E-state index is -0.158. The maximum absolute atomic E-state index is 11.0. The number of carbonyl (C=O) groups excluding carboxylic acids is 1. The van der Waals surface area contributed by atoms with Crippen molar-refractivity contribution in [2.75, 3.05) is 32.8 Å². The number of amides is 1. The zero-order chi connectivity index (χ0) is 10.4. The highest BCUT2D eigenvalue weighted by atomic mass is 16.6. The molecule has 0 saturated carbocycles. The summed E-state index contributed by atoms with van der Waals surface area (Å²) in [6, 6.07) is 0. The van der Waals surface area contributed by atoms with Crippen LogP contribution in [-0.4, -0.2) is 43.8 Å². The Balaban J connectivity index is 1.96. The smallest absolute Gasteiger partial charge is 0.409 e. The third-order valence-electron chi connectivity index (χ3n) is 2.18. The van der Waals surface area contributed by atoms with Gasteiger partial charge in [0.15, 0.2) is 0 Å². The molecule has 4 nitrogen and oxygen atoms in total. The van der Waals surface area contributed by atoms with E-state index in [0.29, 0.717) is 12.5 Å². The highest BCUT2D eigenvalue weighted by Crippen LogP contribution is 2.03. The molecule has 0 aliphatic carbocycles. The number of hydrogen-bond donors (Lipinski definition) is 1. The van der Waals surface area contributed by atoms with E-state index >= 15 is 0 Å². The Morgan fingerprint density at radius 2 is 2.36 bits per heavy atom. The van der Waals surface area contributed by atoms with E-state index in [1.54, 1.807) is 4.90 Å². The predicted molar refractivity (Wildman–Crippen MR) is 55.2 cm³/mol. The van der Waals surface area contributed by atoms with Crippen molar-refractivity contribution < 1.29 is 9.53 Å². The first kappa shape index (κ1) is 11.3. The molecule has 14 heavy (non-hydrogen) atoms. The molecule has 1 N–H and O–H groups in total. The lowest BCUT2D eigenvalue weighted by atomic mass is 10.2. The molecule has 0 unspecified atom stereocenters. The zero-order valence-electron chi connectivity index (χ0n) is 9.08. The van der Waals surface area contributed by atoms with E-state index in [0.717, 1.165) is 32.6 Å². The van der Waals surface area contributed by atoms with E-state index in [1.165, 1.54) is 0 Å². The Morgan fingerprint density at radius 3 is 2.93 bits per heavy atom. The maximum Gasteiger partial charge on any atom is 0.409 e. The van der Waals surface area contributed by atoms with Crippen molar-refractivity contribution in [2.45, 2.75) is 20.3 Å². The first-order chi connectivity index (χ1) is 6.70. The van der Waals surface area contributed by atoms with Gasteiger partial charge < -0.3 is 15.0 Å². The first-order valence-corrected chi connectivity index (χ1v) is 5.32. The standard InChI is InChI=1S/C10H20N2O2/c1-9(2)8-11-4-3-5-12-6-7-14-10(12)13/h9,11H,3-8H2,1-2H3. The fraction of sp³-hybridized carbons (Fsp3) is 0.900. The molecule has 1 amide bonds. The van der Waals surface area contributed by atoms with Gasteiger partial charge in [0.2, 0.25) is 0 Å². The lowest BCUT2D eigenvalue weighted by molar-refractivity contribution is 0.158. The summed E-state index contributed by atoms with van der Waals surface area (Å²) >= 11 is 0. The predicted octanol–water partition coefficient (Wildman–Crippen LogP) is 1.07. The van der Waals surface area contributed by atoms with Gasteiger partial charge in [-0.25, -0.2) is 4.79 Å². The molecule has 1 aliphatic heterocycles. The van der Waals surface area contributed by atoms with E-state index in [9.17, 15) is 4.79 Å². The topological polar surface area (TPSA) is 41.6 Å². The molecule has 0 aromatic heterocycles. The summed E-state index contributed by atoms with van der Waals surface area (Å²) in [6.45, 7) is 8.51. The summed E-state index contributed by atoms with van der Waals surface area (Å²) in [5, 5.41) is 3.34. The van der Waals surface area contributed by atoms with Gasteiger partial charge in [-0.05, 0) is 25.4 Å². The molecule has 1 aliphatic rings. The van der Waals surface area contributed by atoms with Gasteiger partial charge in [-0.1, -0.05) is 13.8 Å². The van der Waals surface area contributed by atoms with Crippen LogP contribution in [0.5, 0.6) is 0 Å². The second-order valence-corrected chi connectivity index (χ2v) is 4.05. The lowest BCUT2D eigenvalue weighted by Crippen LogP contribution is -2.29. The Labute approximate surface area is 85.6 Å². The summed E-state index contributed by atoms with van der Waals surface area (Å²) in [6.07, 6.45) is 0.843. The van der Waals surface area contributed by atoms with E-state index in [4.69, 9.17) is 4.74 Å². The third kappa shape index (κ3) is 3.96. The van der Waals surface area contributed by atoms with Crippen LogP contribution in [-0.2, 0) is 4.74 Å². The number of cyclic esters (lactones) is 1. The number of nitrogens with zero attached hydrogens (tertiary/aromatic N) is 1. The Morgan fingerprint density at radius 1 is 1.57 bits per heavy atom. The van der Waals surface area contributed by atoms with Gasteiger partial charge in [-0.3, -0.25) is 0 Å². The van der Waals surface area contributed by atoms with Crippen LogP contribution in [0, 0.1) is 5.92 Å². The molecule has 82 valence electrons. The van der Waals surface area contributed by atoms with Crippen molar-refractivity contribution in [2.24, 2.45) is 5.92 Å². The van der Waals surface area contributed by atoms with E-state index < -0.39 is 0 Å². The number of nitrogens with one attached hydrogen (secondary N) is 1. The minimum absolute atomic E-state index is 0.158. The van der Waals surface area contributed by atoms with Crippen molar-refractivity contribution in [3.63, 3.8) is 0 Å². The van der Waals surface area contributed by atoms with E-state index in [1.807, 2.05) is 0 Å². The highest BCUT2D eigenvalue weighted by Gasteiger charge is 2.20. The number of carbonyl (C=O) groups is 1. The molecule has 1 heterocycles. The zero-order valence-corrected chi connectivity index (χ0v) is 9.08. The van der Waals surface area contributed by atoms with E-state index in [2.05, 4.69) is 19.2 Å². The van der Waals surface area contributed by atoms with Gasteiger partial charge in [0.1, 0.15) is 6.61 Å². The third-order valence-corrected chi connectivity index (χ3v) is 2.18. The average Bonchev–Trinajstić information content (AvgIpc) is 2.51. The van der Waals surface area contributed by atoms with Crippen LogP contribution in [0.3, 0.4) is 0 Å². The molecule has 1 rings (SSSR count). The van der Waals surface area contributed by atoms with Gasteiger partial charge >= 0.3 is 6.09 Å². The van der Waals surface area contributed by atoms with Crippen molar-refractivity contribution in [1.82, 2.24) is 10.2 Å². The Kier molecular flexibility index (Phi) is 4.73. The van der Waals surface area contributed by atoms with Gasteiger partial charge in [-0.15, -0.1) is 0 Å². The van der Waals surface area contributed by atoms with Crippen LogP contribution < -0.4 is 5.32 Å². The number of hydrogen-bond acceptors (Lipinski definition) is 3. The molecule has 1 saturated heterocycles. The molecule has 0 radical (unpaired) electrons. The normalized spacial score (nSPS) is 16.5. The molecular weight excluding hydrogens is 180 g/mol. The van der Waals surface area contributed by atoms with Crippen molar-refractivity contribution in [1.29, 1.82) is 0 Å². The largest absolute Gasteiger partial charge is 0.448 e. The van der Waals surface area contributed by atoms with Gasteiger partial charge in [0.05, 0.1) is 6.54 Å². The first-order valence-electron chi connectivity index (χ1n) is 5.32. The van der Waals surface area contributed by atoms with Crippen LogP contribution >= 0.6 is 0 Å². The molecule has 0 aromatic carbocycles. The molecule has 0 bridgehead atoms. The summed E-state index contributed by atoms with van der Waals surface area (Å²) in [7, 11) is 0. The van der Waals surface area contributed by atoms with Gasteiger partial charge in [-0.2, -0.15) is 0 Å². The van der Waals surface area contributed by atoms with Crippen molar-refractivity contribution in [3.8, 4) is 0 Å². The lowest BCUT2D eigenvalue weighted by Gasteiger charge is -2.12. The Bertz CT molecular complexity index is 183. The summed E-state index contributed by atoms with van der Waals surface area (Å²) < 4.78 is 4.83. The number of rotatable bonds is 6. The summed E-state index contributed by atoms with van der Waals surface area (Å²) in [5.74, 6) is 0.687. The van der Waals surface area contributed by atoms with Crippen LogP contribution in [0.4, 0.5) is 4.79 Å². The van der Waals surface area contributed by atoms with E-state index in [-0.39, 0.29) is 6.09 Å².